The van der Waals surface area contributed by atoms with Gasteiger partial charge in [0.1, 0.15) is 11.5 Å². The van der Waals surface area contributed by atoms with Gasteiger partial charge < -0.3 is 14.8 Å². The van der Waals surface area contributed by atoms with Crippen LogP contribution in [0, 0.1) is 6.92 Å². The van der Waals surface area contributed by atoms with Crippen LogP contribution in [0.2, 0.25) is 5.02 Å². The number of halogens is 1. The summed E-state index contributed by atoms with van der Waals surface area (Å²) < 4.78 is 10.6. The van der Waals surface area contributed by atoms with Crippen molar-refractivity contribution >= 4 is 17.3 Å². The predicted octanol–water partition coefficient (Wildman–Crippen LogP) is 4.28. The van der Waals surface area contributed by atoms with Crippen molar-refractivity contribution in [1.82, 2.24) is 0 Å². The summed E-state index contributed by atoms with van der Waals surface area (Å²) in [5.41, 5.74) is 3.09. The second-order valence-electron chi connectivity index (χ2n) is 4.44. The van der Waals surface area contributed by atoms with Gasteiger partial charge in [0, 0.05) is 22.8 Å². The van der Waals surface area contributed by atoms with E-state index in [1.54, 1.807) is 14.2 Å². The number of anilines is 1. The zero-order valence-corrected chi connectivity index (χ0v) is 12.6. The highest BCUT2D eigenvalue weighted by Crippen LogP contribution is 2.27. The standard InChI is InChI=1S/C16H18ClNO2/c1-11-14(17)5-4-6-15(11)18-10-12-9-13(19-2)7-8-16(12)20-3/h4-9,18H,10H2,1-3H3. The minimum atomic E-state index is 0.640. The molecule has 0 radical (unpaired) electrons. The van der Waals surface area contributed by atoms with Crippen LogP contribution in [0.1, 0.15) is 11.1 Å². The summed E-state index contributed by atoms with van der Waals surface area (Å²) in [6.07, 6.45) is 0. The Labute approximate surface area is 124 Å². The summed E-state index contributed by atoms with van der Waals surface area (Å²) in [4.78, 5) is 0. The minimum Gasteiger partial charge on any atom is -0.497 e. The van der Waals surface area contributed by atoms with Crippen molar-refractivity contribution in [3.05, 3.63) is 52.5 Å². The van der Waals surface area contributed by atoms with Crippen molar-refractivity contribution in [3.63, 3.8) is 0 Å². The second-order valence-corrected chi connectivity index (χ2v) is 4.85. The van der Waals surface area contributed by atoms with Crippen molar-refractivity contribution in [1.29, 1.82) is 0 Å². The van der Waals surface area contributed by atoms with Crippen LogP contribution in [-0.2, 0) is 6.54 Å². The lowest BCUT2D eigenvalue weighted by atomic mass is 10.1. The summed E-state index contributed by atoms with van der Waals surface area (Å²) in [7, 11) is 3.32. The lowest BCUT2D eigenvalue weighted by Crippen LogP contribution is -2.03. The number of methoxy groups -OCH3 is 2. The molecule has 20 heavy (non-hydrogen) atoms. The monoisotopic (exact) mass is 291 g/mol. The molecule has 106 valence electrons. The fourth-order valence-corrected chi connectivity index (χ4v) is 2.18. The molecule has 0 heterocycles. The van der Waals surface area contributed by atoms with Crippen LogP contribution in [0.5, 0.6) is 11.5 Å². The van der Waals surface area contributed by atoms with Gasteiger partial charge in [0.05, 0.1) is 14.2 Å². The number of benzene rings is 2. The maximum atomic E-state index is 6.12. The number of hydrogen-bond acceptors (Lipinski definition) is 3. The van der Waals surface area contributed by atoms with Gasteiger partial charge in [-0.2, -0.15) is 0 Å². The molecule has 1 N–H and O–H groups in total. The average Bonchev–Trinajstić information content (AvgIpc) is 2.48. The molecule has 0 saturated carbocycles. The van der Waals surface area contributed by atoms with Crippen LogP contribution in [-0.4, -0.2) is 14.2 Å². The smallest absolute Gasteiger partial charge is 0.124 e. The summed E-state index contributed by atoms with van der Waals surface area (Å²) in [6, 6.07) is 11.6. The molecule has 0 fully saturated rings. The van der Waals surface area contributed by atoms with Crippen LogP contribution in [0.3, 0.4) is 0 Å². The van der Waals surface area contributed by atoms with Crippen LogP contribution in [0.4, 0.5) is 5.69 Å². The topological polar surface area (TPSA) is 30.5 Å². The van der Waals surface area contributed by atoms with Gasteiger partial charge in [-0.15, -0.1) is 0 Å². The Balaban J connectivity index is 2.19. The van der Waals surface area contributed by atoms with Gasteiger partial charge in [-0.05, 0) is 42.8 Å². The SMILES string of the molecule is COc1ccc(OC)c(CNc2cccc(Cl)c2C)c1. The molecule has 0 spiro atoms. The summed E-state index contributed by atoms with van der Waals surface area (Å²) in [6.45, 7) is 2.63. The molecule has 0 aliphatic carbocycles. The summed E-state index contributed by atoms with van der Waals surface area (Å²) in [5, 5.41) is 4.13. The van der Waals surface area contributed by atoms with E-state index in [9.17, 15) is 0 Å². The first-order valence-corrected chi connectivity index (χ1v) is 6.73. The largest absolute Gasteiger partial charge is 0.497 e. The Bertz CT molecular complexity index is 599. The molecule has 0 aliphatic heterocycles. The molecule has 0 bridgehead atoms. The number of rotatable bonds is 5. The Morgan fingerprint density at radius 2 is 1.90 bits per heavy atom. The average molecular weight is 292 g/mol. The lowest BCUT2D eigenvalue weighted by Gasteiger charge is -2.14. The molecule has 0 aliphatic rings. The Morgan fingerprint density at radius 1 is 1.10 bits per heavy atom. The van der Waals surface area contributed by atoms with E-state index in [-0.39, 0.29) is 0 Å². The molecule has 4 heteroatoms. The highest BCUT2D eigenvalue weighted by atomic mass is 35.5. The molecule has 0 aromatic heterocycles. The highest BCUT2D eigenvalue weighted by molar-refractivity contribution is 6.31. The van der Waals surface area contributed by atoms with E-state index in [1.807, 2.05) is 43.3 Å². The van der Waals surface area contributed by atoms with Gasteiger partial charge in [-0.1, -0.05) is 17.7 Å². The van der Waals surface area contributed by atoms with Gasteiger partial charge in [0.25, 0.3) is 0 Å². The van der Waals surface area contributed by atoms with E-state index >= 15 is 0 Å². The van der Waals surface area contributed by atoms with Gasteiger partial charge >= 0.3 is 0 Å². The maximum Gasteiger partial charge on any atom is 0.124 e. The van der Waals surface area contributed by atoms with Gasteiger partial charge in [0.2, 0.25) is 0 Å². The Kier molecular flexibility index (Phi) is 4.74. The fraction of sp³-hybridized carbons (Fsp3) is 0.250. The molecule has 0 atom stereocenters. The third kappa shape index (κ3) is 3.17. The Morgan fingerprint density at radius 3 is 2.60 bits per heavy atom. The van der Waals surface area contributed by atoms with E-state index in [2.05, 4.69) is 5.32 Å². The molecule has 0 unspecified atom stereocenters. The molecule has 2 aromatic carbocycles. The Hall–Kier alpha value is -1.87. The van der Waals surface area contributed by atoms with Crippen molar-refractivity contribution in [3.8, 4) is 11.5 Å². The summed E-state index contributed by atoms with van der Waals surface area (Å²) in [5.74, 6) is 1.64. The van der Waals surface area contributed by atoms with Crippen molar-refractivity contribution in [2.45, 2.75) is 13.5 Å². The molecule has 3 nitrogen and oxygen atoms in total. The first-order valence-electron chi connectivity index (χ1n) is 6.35. The van der Waals surface area contributed by atoms with Gasteiger partial charge in [-0.25, -0.2) is 0 Å². The van der Waals surface area contributed by atoms with Crippen molar-refractivity contribution < 1.29 is 9.47 Å². The molecule has 2 rings (SSSR count). The second kappa shape index (κ2) is 6.53. The molecular formula is C16H18ClNO2. The molecule has 0 amide bonds. The van der Waals surface area contributed by atoms with E-state index in [0.29, 0.717) is 6.54 Å². The normalized spacial score (nSPS) is 10.2. The minimum absolute atomic E-state index is 0.640. The van der Waals surface area contributed by atoms with Crippen LogP contribution in [0.25, 0.3) is 0 Å². The van der Waals surface area contributed by atoms with Crippen LogP contribution < -0.4 is 14.8 Å². The first kappa shape index (κ1) is 14.5. The van der Waals surface area contributed by atoms with E-state index in [4.69, 9.17) is 21.1 Å². The zero-order chi connectivity index (χ0) is 14.5. The van der Waals surface area contributed by atoms with E-state index in [1.165, 1.54) is 0 Å². The summed E-state index contributed by atoms with van der Waals surface area (Å²) >= 11 is 6.12. The third-order valence-corrected chi connectivity index (χ3v) is 3.63. The lowest BCUT2D eigenvalue weighted by molar-refractivity contribution is 0.399. The number of nitrogens with one attached hydrogen (secondary N) is 1. The third-order valence-electron chi connectivity index (χ3n) is 3.22. The van der Waals surface area contributed by atoms with Crippen LogP contribution >= 0.6 is 11.6 Å². The van der Waals surface area contributed by atoms with Crippen molar-refractivity contribution in [2.24, 2.45) is 0 Å². The highest BCUT2D eigenvalue weighted by Gasteiger charge is 2.07. The maximum absolute atomic E-state index is 6.12. The fourth-order valence-electron chi connectivity index (χ4n) is 2.01. The van der Waals surface area contributed by atoms with Gasteiger partial charge in [0.15, 0.2) is 0 Å². The first-order chi connectivity index (χ1) is 9.65. The van der Waals surface area contributed by atoms with Crippen molar-refractivity contribution in [2.75, 3.05) is 19.5 Å². The number of ether oxygens (including phenoxy) is 2. The molecule has 2 aromatic rings. The van der Waals surface area contributed by atoms with Crippen LogP contribution in [0.15, 0.2) is 36.4 Å². The van der Waals surface area contributed by atoms with Gasteiger partial charge in [-0.3, -0.25) is 0 Å². The molecular weight excluding hydrogens is 274 g/mol. The van der Waals surface area contributed by atoms with E-state index in [0.717, 1.165) is 33.3 Å². The molecule has 0 saturated heterocycles. The van der Waals surface area contributed by atoms with E-state index < -0.39 is 0 Å². The zero-order valence-electron chi connectivity index (χ0n) is 11.9. The predicted molar refractivity (Wildman–Crippen MR) is 83.1 cm³/mol. The number of hydrogen-bond donors (Lipinski definition) is 1. The quantitative estimate of drug-likeness (QED) is 0.892.